The van der Waals surface area contributed by atoms with Gasteiger partial charge in [-0.25, -0.2) is 4.79 Å². The van der Waals surface area contributed by atoms with Crippen molar-refractivity contribution in [3.63, 3.8) is 0 Å². The van der Waals surface area contributed by atoms with Crippen molar-refractivity contribution >= 4 is 23.5 Å². The Balaban J connectivity index is 1.85. The van der Waals surface area contributed by atoms with Gasteiger partial charge in [0.05, 0.1) is 23.1 Å². The number of carboxylic acid groups (broad SMARTS) is 1. The smallest absolute Gasteiger partial charge is 0.326 e. The Morgan fingerprint density at radius 3 is 2.41 bits per heavy atom. The number of carbonyl (C=O) groups is 3. The molecule has 11 heteroatoms. The van der Waals surface area contributed by atoms with Gasteiger partial charge in [-0.2, -0.15) is 0 Å². The molecule has 0 unspecified atom stereocenters. The molecule has 0 aliphatic rings. The summed E-state index contributed by atoms with van der Waals surface area (Å²) in [7, 11) is 0. The summed E-state index contributed by atoms with van der Waals surface area (Å²) >= 11 is 0. The van der Waals surface area contributed by atoms with Gasteiger partial charge in [0.1, 0.15) is 11.8 Å². The van der Waals surface area contributed by atoms with E-state index in [2.05, 4.69) is 16.0 Å². The molecule has 0 radical (unpaired) electrons. The number of rotatable bonds is 11. The third kappa shape index (κ3) is 7.06. The van der Waals surface area contributed by atoms with Crippen LogP contribution >= 0.6 is 0 Å². The van der Waals surface area contributed by atoms with Crippen molar-refractivity contribution in [2.75, 3.05) is 6.54 Å². The molecule has 32 heavy (non-hydrogen) atoms. The van der Waals surface area contributed by atoms with Crippen molar-refractivity contribution in [2.24, 2.45) is 0 Å². The van der Waals surface area contributed by atoms with E-state index in [0.717, 1.165) is 5.56 Å². The molecule has 2 aromatic rings. The molecule has 5 N–H and O–H groups in total. The number of nitro benzene ring substituents is 1. The molecule has 170 valence electrons. The molecular formula is C21H24N4O7. The molecule has 0 fully saturated rings. The van der Waals surface area contributed by atoms with Gasteiger partial charge in [0.2, 0.25) is 11.8 Å². The van der Waals surface area contributed by atoms with E-state index in [4.69, 9.17) is 0 Å². The van der Waals surface area contributed by atoms with E-state index in [-0.39, 0.29) is 30.0 Å². The average Bonchev–Trinajstić information content (AvgIpc) is 2.76. The number of carbonyl (C=O) groups excluding carboxylic acids is 2. The second-order valence-corrected chi connectivity index (χ2v) is 7.00. The number of nitrogens with zero attached hydrogens (tertiary/aromatic N) is 1. The van der Waals surface area contributed by atoms with Crippen molar-refractivity contribution in [3.8, 4) is 5.75 Å². The van der Waals surface area contributed by atoms with E-state index >= 15 is 0 Å². The van der Waals surface area contributed by atoms with Crippen molar-refractivity contribution in [1.82, 2.24) is 16.0 Å². The lowest BCUT2D eigenvalue weighted by Crippen LogP contribution is -2.49. The fourth-order valence-electron chi connectivity index (χ4n) is 2.88. The number of aliphatic carboxylic acids is 1. The normalized spacial score (nSPS) is 12.4. The van der Waals surface area contributed by atoms with Crippen LogP contribution in [0, 0.1) is 10.1 Å². The van der Waals surface area contributed by atoms with Gasteiger partial charge in [-0.1, -0.05) is 36.4 Å². The first-order chi connectivity index (χ1) is 15.2. The zero-order valence-corrected chi connectivity index (χ0v) is 17.3. The lowest BCUT2D eigenvalue weighted by molar-refractivity contribution is -0.385. The van der Waals surface area contributed by atoms with Crippen LogP contribution in [-0.4, -0.2) is 51.5 Å². The van der Waals surface area contributed by atoms with Crippen LogP contribution in [0.1, 0.15) is 18.1 Å². The van der Waals surface area contributed by atoms with Gasteiger partial charge < -0.3 is 26.2 Å². The molecule has 2 rings (SSSR count). The molecule has 2 amide bonds. The number of phenols is 1. The van der Waals surface area contributed by atoms with E-state index in [1.165, 1.54) is 25.1 Å². The topological polar surface area (TPSA) is 171 Å². The van der Waals surface area contributed by atoms with Crippen molar-refractivity contribution < 1.29 is 29.5 Å². The first-order valence-corrected chi connectivity index (χ1v) is 9.71. The van der Waals surface area contributed by atoms with Crippen LogP contribution in [0.2, 0.25) is 0 Å². The third-order valence-electron chi connectivity index (χ3n) is 4.64. The summed E-state index contributed by atoms with van der Waals surface area (Å²) in [5.74, 6) is -2.73. The van der Waals surface area contributed by atoms with Gasteiger partial charge in [0.15, 0.2) is 0 Å². The average molecular weight is 444 g/mol. The Labute approximate surface area is 183 Å². The second kappa shape index (κ2) is 11.4. The molecule has 0 spiro atoms. The number of hydrogen-bond acceptors (Lipinski definition) is 7. The van der Waals surface area contributed by atoms with Crippen LogP contribution in [0.25, 0.3) is 0 Å². The molecule has 0 aliphatic carbocycles. The van der Waals surface area contributed by atoms with Crippen LogP contribution in [0.3, 0.4) is 0 Å². The molecule has 2 atom stereocenters. The van der Waals surface area contributed by atoms with Gasteiger partial charge in [-0.05, 0) is 18.6 Å². The highest BCUT2D eigenvalue weighted by Crippen LogP contribution is 2.26. The minimum Gasteiger partial charge on any atom is -0.507 e. The Kier molecular flexibility index (Phi) is 8.66. The molecular weight excluding hydrogens is 420 g/mol. The Morgan fingerprint density at radius 1 is 1.09 bits per heavy atom. The van der Waals surface area contributed by atoms with E-state index < -0.39 is 41.3 Å². The first-order valence-electron chi connectivity index (χ1n) is 9.71. The highest BCUT2D eigenvalue weighted by molar-refractivity contribution is 5.89. The number of phenolic OH excluding ortho intramolecular Hbond substituents is 1. The van der Waals surface area contributed by atoms with E-state index in [1.807, 2.05) is 0 Å². The number of nitrogens with one attached hydrogen (secondary N) is 3. The molecule has 0 aliphatic heterocycles. The molecule has 2 aromatic carbocycles. The minimum atomic E-state index is -1.20. The summed E-state index contributed by atoms with van der Waals surface area (Å²) in [4.78, 5) is 46.2. The van der Waals surface area contributed by atoms with E-state index in [9.17, 15) is 34.7 Å². The molecule has 0 bridgehead atoms. The van der Waals surface area contributed by atoms with Gasteiger partial charge in [0, 0.05) is 19.0 Å². The number of nitro groups is 1. The molecule has 0 saturated heterocycles. The number of aromatic hydroxyl groups is 1. The van der Waals surface area contributed by atoms with E-state index in [0.29, 0.717) is 0 Å². The number of amides is 2. The lowest BCUT2D eigenvalue weighted by atomic mass is 10.1. The highest BCUT2D eigenvalue weighted by Gasteiger charge is 2.22. The van der Waals surface area contributed by atoms with Crippen molar-refractivity contribution in [1.29, 1.82) is 0 Å². The van der Waals surface area contributed by atoms with Crippen LogP contribution in [0.15, 0.2) is 48.5 Å². The maximum atomic E-state index is 12.2. The van der Waals surface area contributed by atoms with Gasteiger partial charge in [-0.3, -0.25) is 19.7 Å². The fraction of sp³-hybridized carbons (Fsp3) is 0.286. The maximum absolute atomic E-state index is 12.2. The highest BCUT2D eigenvalue weighted by atomic mass is 16.6. The largest absolute Gasteiger partial charge is 0.507 e. The van der Waals surface area contributed by atoms with Gasteiger partial charge in [-0.15, -0.1) is 0 Å². The standard InChI is InChI=1S/C21H24N4O7/c1-13(22-11-15-17(25(31)32)8-5-9-18(15)26)20(28)23-12-19(27)24-16(21(29)30)10-14-6-3-2-4-7-14/h2-9,13,16,22,26H,10-12H2,1H3,(H,23,28)(H,24,27)(H,29,30)/t13-,16-/m0/s1. The quantitative estimate of drug-likeness (QED) is 0.249. The predicted molar refractivity (Wildman–Crippen MR) is 114 cm³/mol. The summed E-state index contributed by atoms with van der Waals surface area (Å²) < 4.78 is 0. The van der Waals surface area contributed by atoms with Crippen LogP contribution < -0.4 is 16.0 Å². The Hall–Kier alpha value is -3.99. The van der Waals surface area contributed by atoms with Crippen LogP contribution in [0.5, 0.6) is 5.75 Å². The van der Waals surface area contributed by atoms with Gasteiger partial charge >= 0.3 is 5.97 Å². The minimum absolute atomic E-state index is 0.0279. The summed E-state index contributed by atoms with van der Waals surface area (Å²) in [6, 6.07) is 10.7. The van der Waals surface area contributed by atoms with Crippen molar-refractivity contribution in [2.45, 2.75) is 32.0 Å². The van der Waals surface area contributed by atoms with Gasteiger partial charge in [0.25, 0.3) is 5.69 Å². The summed E-state index contributed by atoms with van der Waals surface area (Å²) in [6.07, 6.45) is 0.0904. The lowest BCUT2D eigenvalue weighted by Gasteiger charge is -2.17. The molecule has 0 saturated carbocycles. The summed E-state index contributed by atoms with van der Waals surface area (Å²) in [6.45, 7) is 0.886. The van der Waals surface area contributed by atoms with E-state index in [1.54, 1.807) is 30.3 Å². The first kappa shape index (κ1) is 24.3. The number of hydrogen-bond donors (Lipinski definition) is 5. The fourth-order valence-corrected chi connectivity index (χ4v) is 2.88. The summed E-state index contributed by atoms with van der Waals surface area (Å²) in [5, 5.41) is 37.8. The Bertz CT molecular complexity index is 981. The SMILES string of the molecule is C[C@H](NCc1c(O)cccc1[N+](=O)[O-])C(=O)NCC(=O)N[C@@H](Cc1ccccc1)C(=O)O. The third-order valence-corrected chi connectivity index (χ3v) is 4.64. The second-order valence-electron chi connectivity index (χ2n) is 7.00. The molecule has 0 heterocycles. The zero-order chi connectivity index (χ0) is 23.7. The monoisotopic (exact) mass is 444 g/mol. The molecule has 11 nitrogen and oxygen atoms in total. The van der Waals surface area contributed by atoms with Crippen molar-refractivity contribution in [3.05, 3.63) is 69.8 Å². The number of carboxylic acids is 1. The maximum Gasteiger partial charge on any atom is 0.326 e. The Morgan fingerprint density at radius 2 is 1.78 bits per heavy atom. The zero-order valence-electron chi connectivity index (χ0n) is 17.3. The predicted octanol–water partition coefficient (Wildman–Crippen LogP) is 0.707. The number of benzene rings is 2. The summed E-state index contributed by atoms with van der Waals surface area (Å²) in [5.41, 5.74) is 0.475. The van der Waals surface area contributed by atoms with Crippen LogP contribution in [-0.2, 0) is 27.3 Å². The molecule has 0 aromatic heterocycles. The van der Waals surface area contributed by atoms with Crippen LogP contribution in [0.4, 0.5) is 5.69 Å².